The number of aromatic nitrogens is 2. The molecule has 118 valence electrons. The molecule has 5 nitrogen and oxygen atoms in total. The summed E-state index contributed by atoms with van der Waals surface area (Å²) in [7, 11) is 0. The largest absolute Gasteiger partial charge is 0.344 e. The molecule has 0 radical (unpaired) electrons. The molecule has 1 aliphatic rings. The highest BCUT2D eigenvalue weighted by molar-refractivity contribution is 9.10. The van der Waals surface area contributed by atoms with E-state index < -0.39 is 0 Å². The fourth-order valence-corrected chi connectivity index (χ4v) is 3.21. The lowest BCUT2D eigenvalue weighted by atomic mass is 10.1. The average molecular weight is 386 g/mol. The normalized spacial score (nSPS) is 14.6. The van der Waals surface area contributed by atoms with Gasteiger partial charge in [0.1, 0.15) is 0 Å². The Kier molecular flexibility index (Phi) is 5.61. The number of nitrogens with zero attached hydrogens (tertiary/aromatic N) is 1. The Morgan fingerprint density at radius 2 is 2.18 bits per heavy atom. The molecule has 0 saturated heterocycles. The summed E-state index contributed by atoms with van der Waals surface area (Å²) in [6.07, 6.45) is 0.884. The van der Waals surface area contributed by atoms with E-state index >= 15 is 0 Å². The summed E-state index contributed by atoms with van der Waals surface area (Å²) in [4.78, 5) is 12.4. The second-order valence-corrected chi connectivity index (χ2v) is 6.03. The molecular formula is C15H18BrClN4O. The van der Waals surface area contributed by atoms with E-state index in [1.165, 1.54) is 0 Å². The fourth-order valence-electron chi connectivity index (χ4n) is 2.58. The van der Waals surface area contributed by atoms with E-state index in [1.807, 2.05) is 31.2 Å². The molecule has 1 aliphatic heterocycles. The van der Waals surface area contributed by atoms with Crippen LogP contribution in [-0.2, 0) is 13.0 Å². The number of H-pyrrole nitrogens is 1. The third-order valence-electron chi connectivity index (χ3n) is 3.74. The van der Waals surface area contributed by atoms with Crippen LogP contribution in [0.5, 0.6) is 0 Å². The van der Waals surface area contributed by atoms with Gasteiger partial charge < -0.3 is 10.6 Å². The van der Waals surface area contributed by atoms with Gasteiger partial charge in [-0.25, -0.2) is 0 Å². The number of amides is 1. The Balaban J connectivity index is 0.00000176. The molecule has 7 heteroatoms. The van der Waals surface area contributed by atoms with Crippen molar-refractivity contribution < 1.29 is 4.79 Å². The van der Waals surface area contributed by atoms with Crippen molar-refractivity contribution in [3.63, 3.8) is 0 Å². The van der Waals surface area contributed by atoms with Crippen LogP contribution < -0.4 is 10.6 Å². The van der Waals surface area contributed by atoms with Gasteiger partial charge in [-0.1, -0.05) is 34.1 Å². The van der Waals surface area contributed by atoms with Gasteiger partial charge in [-0.2, -0.15) is 5.10 Å². The molecule has 0 saturated carbocycles. The first-order valence-corrected chi connectivity index (χ1v) is 7.78. The Hall–Kier alpha value is -1.37. The van der Waals surface area contributed by atoms with Crippen LogP contribution in [0.15, 0.2) is 28.7 Å². The third-order valence-corrected chi connectivity index (χ3v) is 4.46. The third kappa shape index (κ3) is 3.34. The summed E-state index contributed by atoms with van der Waals surface area (Å²) in [5.41, 5.74) is 3.59. The summed E-state index contributed by atoms with van der Waals surface area (Å²) >= 11 is 3.51. The predicted octanol–water partition coefficient (Wildman–Crippen LogP) is 2.73. The fraction of sp³-hybridized carbons (Fsp3) is 0.333. The number of fused-ring (bicyclic) bond motifs is 1. The van der Waals surface area contributed by atoms with Gasteiger partial charge in [0.25, 0.3) is 5.91 Å². The molecule has 2 heterocycles. The lowest BCUT2D eigenvalue weighted by Gasteiger charge is -2.17. The standard InChI is InChI=1S/C15H17BrN4O.ClH/c1-9(10-4-2-3-5-12(10)16)18-15(21)14-11-8-17-7-6-13(11)19-20-14;/h2-5,9,17H,6-8H2,1H3,(H,18,21)(H,19,20);1H. The molecule has 0 fully saturated rings. The number of hydrogen-bond donors (Lipinski definition) is 3. The first-order chi connectivity index (χ1) is 10.2. The van der Waals surface area contributed by atoms with Crippen LogP contribution >= 0.6 is 28.3 Å². The molecule has 1 aromatic heterocycles. The monoisotopic (exact) mass is 384 g/mol. The minimum absolute atomic E-state index is 0. The van der Waals surface area contributed by atoms with Crippen LogP contribution in [0, 0.1) is 0 Å². The molecule has 0 spiro atoms. The van der Waals surface area contributed by atoms with E-state index in [0.29, 0.717) is 12.2 Å². The summed E-state index contributed by atoms with van der Waals surface area (Å²) in [5.74, 6) is -0.139. The van der Waals surface area contributed by atoms with E-state index in [2.05, 4.69) is 36.8 Å². The van der Waals surface area contributed by atoms with Gasteiger partial charge in [-0.15, -0.1) is 12.4 Å². The predicted molar refractivity (Wildman–Crippen MR) is 91.3 cm³/mol. The summed E-state index contributed by atoms with van der Waals surface area (Å²) in [6, 6.07) is 7.80. The number of hydrogen-bond acceptors (Lipinski definition) is 3. The van der Waals surface area contributed by atoms with E-state index in [4.69, 9.17) is 0 Å². The molecule has 1 aromatic carbocycles. The molecule has 2 aromatic rings. The minimum Gasteiger partial charge on any atom is -0.344 e. The van der Waals surface area contributed by atoms with E-state index in [1.54, 1.807) is 0 Å². The summed E-state index contributed by atoms with van der Waals surface area (Å²) < 4.78 is 0.989. The van der Waals surface area contributed by atoms with E-state index in [0.717, 1.165) is 34.3 Å². The minimum atomic E-state index is -0.139. The maximum atomic E-state index is 12.4. The summed E-state index contributed by atoms with van der Waals surface area (Å²) in [5, 5.41) is 13.4. The molecule has 1 unspecified atom stereocenters. The lowest BCUT2D eigenvalue weighted by molar-refractivity contribution is 0.0933. The molecule has 1 amide bonds. The second-order valence-electron chi connectivity index (χ2n) is 5.17. The average Bonchev–Trinajstić information content (AvgIpc) is 2.91. The Labute approximate surface area is 143 Å². The second kappa shape index (κ2) is 7.26. The smallest absolute Gasteiger partial charge is 0.272 e. The lowest BCUT2D eigenvalue weighted by Crippen LogP contribution is -2.30. The first-order valence-electron chi connectivity index (χ1n) is 6.99. The Bertz CT molecular complexity index is 673. The zero-order chi connectivity index (χ0) is 14.8. The van der Waals surface area contributed by atoms with Crippen molar-refractivity contribution in [3.8, 4) is 0 Å². The number of halogens is 2. The molecule has 1 atom stereocenters. The first kappa shape index (κ1) is 17.0. The van der Waals surface area contributed by atoms with Crippen LogP contribution in [0.25, 0.3) is 0 Å². The van der Waals surface area contributed by atoms with Gasteiger partial charge >= 0.3 is 0 Å². The van der Waals surface area contributed by atoms with E-state index in [9.17, 15) is 4.79 Å². The van der Waals surface area contributed by atoms with Crippen molar-refractivity contribution in [3.05, 3.63) is 51.3 Å². The van der Waals surface area contributed by atoms with Crippen molar-refractivity contribution in [2.45, 2.75) is 25.9 Å². The highest BCUT2D eigenvalue weighted by Crippen LogP contribution is 2.23. The Morgan fingerprint density at radius 1 is 1.41 bits per heavy atom. The van der Waals surface area contributed by atoms with Crippen molar-refractivity contribution in [1.82, 2.24) is 20.8 Å². The highest BCUT2D eigenvalue weighted by atomic mass is 79.9. The van der Waals surface area contributed by atoms with Gasteiger partial charge in [0.15, 0.2) is 5.69 Å². The number of nitrogens with one attached hydrogen (secondary N) is 3. The molecular weight excluding hydrogens is 368 g/mol. The quantitative estimate of drug-likeness (QED) is 0.761. The van der Waals surface area contributed by atoms with Crippen LogP contribution in [0.1, 0.15) is 40.3 Å². The summed E-state index contributed by atoms with van der Waals surface area (Å²) in [6.45, 7) is 3.58. The van der Waals surface area contributed by atoms with Gasteiger partial charge in [0.2, 0.25) is 0 Å². The van der Waals surface area contributed by atoms with Gasteiger partial charge in [0, 0.05) is 35.2 Å². The van der Waals surface area contributed by atoms with E-state index in [-0.39, 0.29) is 24.4 Å². The number of carbonyl (C=O) groups is 1. The highest BCUT2D eigenvalue weighted by Gasteiger charge is 2.23. The molecule has 0 bridgehead atoms. The maximum absolute atomic E-state index is 12.4. The topological polar surface area (TPSA) is 69.8 Å². The molecule has 22 heavy (non-hydrogen) atoms. The van der Waals surface area contributed by atoms with Crippen molar-refractivity contribution >= 4 is 34.2 Å². The zero-order valence-corrected chi connectivity index (χ0v) is 14.6. The van der Waals surface area contributed by atoms with Crippen LogP contribution in [0.3, 0.4) is 0 Å². The number of benzene rings is 1. The number of aromatic amines is 1. The maximum Gasteiger partial charge on any atom is 0.272 e. The van der Waals surface area contributed by atoms with Crippen LogP contribution in [0.4, 0.5) is 0 Å². The molecule has 3 rings (SSSR count). The van der Waals surface area contributed by atoms with Crippen LogP contribution in [0.2, 0.25) is 0 Å². The van der Waals surface area contributed by atoms with Crippen molar-refractivity contribution in [2.75, 3.05) is 6.54 Å². The Morgan fingerprint density at radius 3 is 2.95 bits per heavy atom. The SMILES string of the molecule is CC(NC(=O)c1n[nH]c2c1CNCC2)c1ccccc1Br.Cl. The van der Waals surface area contributed by atoms with Gasteiger partial charge in [0.05, 0.1) is 6.04 Å². The number of carbonyl (C=O) groups excluding carboxylic acids is 1. The van der Waals surface area contributed by atoms with Gasteiger partial charge in [-0.05, 0) is 18.6 Å². The number of rotatable bonds is 3. The van der Waals surface area contributed by atoms with Crippen LogP contribution in [-0.4, -0.2) is 22.6 Å². The zero-order valence-electron chi connectivity index (χ0n) is 12.1. The van der Waals surface area contributed by atoms with Crippen molar-refractivity contribution in [1.29, 1.82) is 0 Å². The molecule has 0 aliphatic carbocycles. The molecule has 3 N–H and O–H groups in total. The van der Waals surface area contributed by atoms with Gasteiger partial charge in [-0.3, -0.25) is 9.89 Å². The van der Waals surface area contributed by atoms with Crippen molar-refractivity contribution in [2.24, 2.45) is 0 Å².